The molecule has 0 atom stereocenters. The molecule has 0 aliphatic heterocycles. The molecule has 0 amide bonds. The zero-order valence-electron chi connectivity index (χ0n) is 9.64. The standard InChI is InChI=1S/C17H9N/c18-11-5-7-14-12-13-6-1-2-8-15(13)17-10-4-3-9-16(14)17/h1-4,6,8-10,12H. The molecular formula is C17H9N. The maximum atomic E-state index is 8.59. The minimum Gasteiger partial charge on any atom is -0.183 e. The minimum absolute atomic E-state index is 0.908. The van der Waals surface area contributed by atoms with Crippen LogP contribution in [0.4, 0.5) is 0 Å². The third kappa shape index (κ3) is 1.59. The molecule has 0 fully saturated rings. The van der Waals surface area contributed by atoms with Gasteiger partial charge in [-0.05, 0) is 27.6 Å². The lowest BCUT2D eigenvalue weighted by Gasteiger charge is -2.06. The first-order chi connectivity index (χ1) is 8.90. The van der Waals surface area contributed by atoms with Gasteiger partial charge in [0.05, 0.1) is 0 Å². The first kappa shape index (κ1) is 10.4. The van der Waals surface area contributed by atoms with Crippen LogP contribution in [-0.4, -0.2) is 0 Å². The van der Waals surface area contributed by atoms with Gasteiger partial charge in [-0.2, -0.15) is 5.26 Å². The van der Waals surface area contributed by atoms with E-state index in [1.54, 1.807) is 0 Å². The van der Waals surface area contributed by atoms with Gasteiger partial charge in [0.15, 0.2) is 6.07 Å². The van der Waals surface area contributed by atoms with Crippen molar-refractivity contribution in [2.45, 2.75) is 0 Å². The normalized spacial score (nSPS) is 9.72. The van der Waals surface area contributed by atoms with Gasteiger partial charge in [-0.15, -0.1) is 0 Å². The average Bonchev–Trinajstić information content (AvgIpc) is 2.45. The molecule has 0 aliphatic carbocycles. The van der Waals surface area contributed by atoms with Gasteiger partial charge in [0.25, 0.3) is 0 Å². The van der Waals surface area contributed by atoms with Crippen LogP contribution in [0.5, 0.6) is 0 Å². The Labute approximate surface area is 105 Å². The summed E-state index contributed by atoms with van der Waals surface area (Å²) >= 11 is 0. The Kier molecular flexibility index (Phi) is 2.45. The fourth-order valence-corrected chi connectivity index (χ4v) is 2.25. The van der Waals surface area contributed by atoms with Gasteiger partial charge in [-0.25, -0.2) is 0 Å². The van der Waals surface area contributed by atoms with Gasteiger partial charge in [-0.1, -0.05) is 54.5 Å². The van der Waals surface area contributed by atoms with E-state index in [1.807, 2.05) is 42.5 Å². The van der Waals surface area contributed by atoms with Crippen molar-refractivity contribution in [2.75, 3.05) is 0 Å². The topological polar surface area (TPSA) is 23.8 Å². The van der Waals surface area contributed by atoms with Crippen molar-refractivity contribution in [2.24, 2.45) is 0 Å². The summed E-state index contributed by atoms with van der Waals surface area (Å²) in [5.41, 5.74) is 0.908. The molecule has 0 saturated heterocycles. The fourth-order valence-electron chi connectivity index (χ4n) is 2.25. The van der Waals surface area contributed by atoms with Gasteiger partial charge in [0.1, 0.15) is 0 Å². The Hall–Kier alpha value is -2.77. The van der Waals surface area contributed by atoms with Crippen LogP contribution in [0.3, 0.4) is 0 Å². The molecule has 18 heavy (non-hydrogen) atoms. The second-order valence-electron chi connectivity index (χ2n) is 4.05. The Morgan fingerprint density at radius 2 is 1.44 bits per heavy atom. The smallest absolute Gasteiger partial charge is 0.152 e. The summed E-state index contributed by atoms with van der Waals surface area (Å²) in [6, 6.07) is 20.3. The molecule has 0 N–H and O–H groups in total. The van der Waals surface area contributed by atoms with Crippen molar-refractivity contribution in [3.8, 4) is 17.9 Å². The zero-order valence-corrected chi connectivity index (χ0v) is 9.64. The Morgan fingerprint density at radius 3 is 2.22 bits per heavy atom. The second kappa shape index (κ2) is 4.24. The molecule has 1 heteroatoms. The van der Waals surface area contributed by atoms with Gasteiger partial charge in [0.2, 0.25) is 0 Å². The van der Waals surface area contributed by atoms with Crippen LogP contribution in [-0.2, 0) is 0 Å². The van der Waals surface area contributed by atoms with Crippen LogP contribution in [0.1, 0.15) is 5.56 Å². The lowest BCUT2D eigenvalue weighted by atomic mass is 9.97. The quantitative estimate of drug-likeness (QED) is 0.422. The molecule has 0 radical (unpaired) electrons. The van der Waals surface area contributed by atoms with Crippen LogP contribution < -0.4 is 0 Å². The van der Waals surface area contributed by atoms with Gasteiger partial charge in [0, 0.05) is 11.5 Å². The van der Waals surface area contributed by atoms with E-state index in [-0.39, 0.29) is 0 Å². The molecule has 3 aromatic rings. The van der Waals surface area contributed by atoms with Gasteiger partial charge < -0.3 is 0 Å². The molecule has 0 aliphatic rings. The average molecular weight is 227 g/mol. The predicted octanol–water partition coefficient (Wildman–Crippen LogP) is 3.87. The first-order valence-corrected chi connectivity index (χ1v) is 5.71. The van der Waals surface area contributed by atoms with Crippen molar-refractivity contribution >= 4 is 21.5 Å². The fraction of sp³-hybridized carbons (Fsp3) is 0. The van der Waals surface area contributed by atoms with E-state index in [0.717, 1.165) is 16.3 Å². The summed E-state index contributed by atoms with van der Waals surface area (Å²) in [5.74, 6) is 5.40. The molecule has 1 nitrogen and oxygen atoms in total. The zero-order chi connectivity index (χ0) is 12.4. The van der Waals surface area contributed by atoms with Crippen molar-refractivity contribution in [1.82, 2.24) is 0 Å². The van der Waals surface area contributed by atoms with Crippen molar-refractivity contribution in [3.05, 3.63) is 60.2 Å². The molecule has 82 valence electrons. The van der Waals surface area contributed by atoms with E-state index < -0.39 is 0 Å². The van der Waals surface area contributed by atoms with Crippen LogP contribution in [0.25, 0.3) is 21.5 Å². The molecule has 0 saturated carbocycles. The van der Waals surface area contributed by atoms with Crippen molar-refractivity contribution in [1.29, 1.82) is 5.26 Å². The second-order valence-corrected chi connectivity index (χ2v) is 4.05. The minimum atomic E-state index is 0.908. The van der Waals surface area contributed by atoms with Crippen LogP contribution in [0.2, 0.25) is 0 Å². The molecular weight excluding hydrogens is 218 g/mol. The maximum absolute atomic E-state index is 8.59. The highest BCUT2D eigenvalue weighted by Crippen LogP contribution is 2.27. The Bertz CT molecular complexity index is 842. The van der Waals surface area contributed by atoms with E-state index in [4.69, 9.17) is 5.26 Å². The summed E-state index contributed by atoms with van der Waals surface area (Å²) in [7, 11) is 0. The number of nitriles is 1. The predicted molar refractivity (Wildman–Crippen MR) is 73.9 cm³/mol. The van der Waals surface area contributed by atoms with E-state index in [2.05, 4.69) is 30.0 Å². The number of hydrogen-bond donors (Lipinski definition) is 0. The summed E-state index contributed by atoms with van der Waals surface area (Å²) < 4.78 is 0. The maximum Gasteiger partial charge on any atom is 0.152 e. The number of benzene rings is 3. The number of fused-ring (bicyclic) bond motifs is 3. The molecule has 0 unspecified atom stereocenters. The van der Waals surface area contributed by atoms with Crippen molar-refractivity contribution in [3.63, 3.8) is 0 Å². The molecule has 0 spiro atoms. The highest BCUT2D eigenvalue weighted by atomic mass is 14.2. The van der Waals surface area contributed by atoms with E-state index in [9.17, 15) is 0 Å². The summed E-state index contributed by atoms with van der Waals surface area (Å²) in [6.45, 7) is 0. The molecule has 3 rings (SSSR count). The molecule has 0 bridgehead atoms. The summed E-state index contributed by atoms with van der Waals surface area (Å²) in [4.78, 5) is 0. The third-order valence-corrected chi connectivity index (χ3v) is 3.02. The lowest BCUT2D eigenvalue weighted by molar-refractivity contribution is 1.55. The van der Waals surface area contributed by atoms with Crippen LogP contribution in [0, 0.1) is 23.2 Å². The monoisotopic (exact) mass is 227 g/mol. The molecule has 3 aromatic carbocycles. The van der Waals surface area contributed by atoms with E-state index in [0.29, 0.717) is 0 Å². The Balaban J connectivity index is 2.51. The SMILES string of the molecule is N#CC#Cc1cc2ccccc2c2ccccc12. The summed E-state index contributed by atoms with van der Waals surface area (Å²) in [6.07, 6.45) is 0. The number of hydrogen-bond acceptors (Lipinski definition) is 1. The Morgan fingerprint density at radius 1 is 0.778 bits per heavy atom. The first-order valence-electron chi connectivity index (χ1n) is 5.71. The highest BCUT2D eigenvalue weighted by molar-refractivity contribution is 6.09. The van der Waals surface area contributed by atoms with Crippen molar-refractivity contribution < 1.29 is 0 Å². The number of rotatable bonds is 0. The summed E-state index contributed by atoms with van der Waals surface area (Å²) in [5, 5.41) is 13.2. The highest BCUT2D eigenvalue weighted by Gasteiger charge is 2.03. The molecule has 0 aromatic heterocycles. The third-order valence-electron chi connectivity index (χ3n) is 3.02. The van der Waals surface area contributed by atoms with Gasteiger partial charge >= 0.3 is 0 Å². The van der Waals surface area contributed by atoms with E-state index in [1.165, 1.54) is 10.8 Å². The number of nitrogens with zero attached hydrogens (tertiary/aromatic N) is 1. The van der Waals surface area contributed by atoms with Crippen LogP contribution in [0.15, 0.2) is 54.6 Å². The van der Waals surface area contributed by atoms with Gasteiger partial charge in [-0.3, -0.25) is 0 Å². The molecule has 0 heterocycles. The van der Waals surface area contributed by atoms with E-state index >= 15 is 0 Å². The largest absolute Gasteiger partial charge is 0.183 e. The van der Waals surface area contributed by atoms with Crippen LogP contribution >= 0.6 is 0 Å². The lowest BCUT2D eigenvalue weighted by Crippen LogP contribution is -1.83.